The second-order valence-electron chi connectivity index (χ2n) is 7.32. The maximum Gasteiger partial charge on any atom is 0.119 e. The molecule has 0 spiro atoms. The lowest BCUT2D eigenvalue weighted by Crippen LogP contribution is -2.38. The van der Waals surface area contributed by atoms with Gasteiger partial charge in [0.15, 0.2) is 0 Å². The molecule has 1 aromatic heterocycles. The fourth-order valence-electron chi connectivity index (χ4n) is 3.59. The summed E-state index contributed by atoms with van der Waals surface area (Å²) in [5.41, 5.74) is 3.46. The molecule has 1 aliphatic rings. The van der Waals surface area contributed by atoms with Crippen LogP contribution in [-0.4, -0.2) is 41.0 Å². The molecule has 0 N–H and O–H groups in total. The molecular weight excluding hydrogens is 386 g/mol. The first kappa shape index (κ1) is 20.0. The molecule has 0 aliphatic carbocycles. The molecule has 0 bridgehead atoms. The summed E-state index contributed by atoms with van der Waals surface area (Å²) in [4.78, 5) is 2.43. The minimum absolute atomic E-state index is 0.00426. The van der Waals surface area contributed by atoms with E-state index in [4.69, 9.17) is 26.2 Å². The van der Waals surface area contributed by atoms with E-state index in [1.807, 2.05) is 36.0 Å². The molecular formula is C23H26ClN3O2. The number of hydrogen-bond donors (Lipinski definition) is 0. The molecule has 0 amide bonds. The molecule has 1 fully saturated rings. The van der Waals surface area contributed by atoms with Gasteiger partial charge in [0.1, 0.15) is 11.9 Å². The van der Waals surface area contributed by atoms with Crippen LogP contribution in [0.3, 0.4) is 0 Å². The number of aryl methyl sites for hydroxylation is 1. The number of hydrogen-bond acceptors (Lipinski definition) is 4. The number of benzene rings is 2. The highest BCUT2D eigenvalue weighted by atomic mass is 35.5. The van der Waals surface area contributed by atoms with E-state index in [0.717, 1.165) is 49.8 Å². The zero-order chi connectivity index (χ0) is 20.1. The molecule has 4 rings (SSSR count). The number of ether oxygens (including phenoxy) is 2. The Morgan fingerprint density at radius 2 is 1.93 bits per heavy atom. The van der Waals surface area contributed by atoms with Gasteiger partial charge in [0.05, 0.1) is 18.9 Å². The van der Waals surface area contributed by atoms with Gasteiger partial charge in [-0.1, -0.05) is 41.9 Å². The Labute approximate surface area is 176 Å². The van der Waals surface area contributed by atoms with Crippen molar-refractivity contribution >= 4 is 11.6 Å². The Hall–Kier alpha value is -2.34. The smallest absolute Gasteiger partial charge is 0.119 e. The van der Waals surface area contributed by atoms with Crippen molar-refractivity contribution in [3.05, 3.63) is 82.6 Å². The van der Waals surface area contributed by atoms with Crippen molar-refractivity contribution in [1.29, 1.82) is 0 Å². The van der Waals surface area contributed by atoms with Gasteiger partial charge in [-0.3, -0.25) is 9.58 Å². The second kappa shape index (κ2) is 9.44. The van der Waals surface area contributed by atoms with Crippen LogP contribution in [0.5, 0.6) is 5.75 Å². The van der Waals surface area contributed by atoms with Crippen LogP contribution in [0.1, 0.15) is 23.1 Å². The normalized spacial score (nSPS) is 17.4. The third-order valence-corrected chi connectivity index (χ3v) is 5.42. The van der Waals surface area contributed by atoms with E-state index in [9.17, 15) is 0 Å². The molecule has 6 heteroatoms. The lowest BCUT2D eigenvalue weighted by atomic mass is 10.1. The predicted octanol–water partition coefficient (Wildman–Crippen LogP) is 4.27. The van der Waals surface area contributed by atoms with Crippen LogP contribution in [0.2, 0.25) is 5.02 Å². The lowest BCUT2D eigenvalue weighted by molar-refractivity contribution is -0.0352. The predicted molar refractivity (Wildman–Crippen MR) is 114 cm³/mol. The van der Waals surface area contributed by atoms with Crippen LogP contribution >= 0.6 is 11.6 Å². The maximum absolute atomic E-state index is 6.02. The van der Waals surface area contributed by atoms with E-state index >= 15 is 0 Å². The summed E-state index contributed by atoms with van der Waals surface area (Å²) in [5.74, 6) is 0.823. The van der Waals surface area contributed by atoms with Gasteiger partial charge in [-0.05, 0) is 35.9 Å². The first-order valence-corrected chi connectivity index (χ1v) is 10.3. The summed E-state index contributed by atoms with van der Waals surface area (Å²) in [6.45, 7) is 4.05. The maximum atomic E-state index is 6.02. The minimum atomic E-state index is 0.00426. The van der Waals surface area contributed by atoms with Crippen LogP contribution in [0.25, 0.3) is 0 Å². The average molecular weight is 412 g/mol. The van der Waals surface area contributed by atoms with Crippen LogP contribution in [-0.2, 0) is 24.8 Å². The molecule has 2 aromatic carbocycles. The fourth-order valence-corrected chi connectivity index (χ4v) is 3.72. The van der Waals surface area contributed by atoms with Gasteiger partial charge >= 0.3 is 0 Å². The zero-order valence-electron chi connectivity index (χ0n) is 16.6. The number of halogens is 1. The van der Waals surface area contributed by atoms with Gasteiger partial charge in [0, 0.05) is 43.8 Å². The van der Waals surface area contributed by atoms with Gasteiger partial charge in [-0.15, -0.1) is 0 Å². The summed E-state index contributed by atoms with van der Waals surface area (Å²) in [5, 5.41) is 5.42. The first-order valence-electron chi connectivity index (χ1n) is 9.96. The van der Waals surface area contributed by atoms with E-state index in [2.05, 4.69) is 41.3 Å². The molecule has 29 heavy (non-hydrogen) atoms. The summed E-state index contributed by atoms with van der Waals surface area (Å²) >= 11 is 5.91. The third-order valence-electron chi connectivity index (χ3n) is 5.17. The van der Waals surface area contributed by atoms with Gasteiger partial charge in [0.2, 0.25) is 0 Å². The zero-order valence-corrected chi connectivity index (χ0v) is 17.4. The molecule has 3 aromatic rings. The third kappa shape index (κ3) is 5.38. The number of nitrogens with zero attached hydrogens (tertiary/aromatic N) is 3. The number of aromatic nitrogens is 2. The van der Waals surface area contributed by atoms with Crippen molar-refractivity contribution in [2.75, 3.05) is 26.3 Å². The minimum Gasteiger partial charge on any atom is -0.493 e. The average Bonchev–Trinajstić information content (AvgIpc) is 3.11. The molecule has 5 nitrogen and oxygen atoms in total. The van der Waals surface area contributed by atoms with Crippen molar-refractivity contribution < 1.29 is 9.47 Å². The highest BCUT2D eigenvalue weighted by Crippen LogP contribution is 2.23. The molecule has 1 aliphatic heterocycles. The van der Waals surface area contributed by atoms with Gasteiger partial charge in [-0.25, -0.2) is 0 Å². The standard InChI is InChI=1S/C23H26ClN3O2/c1-26-20(11-13-28-21-9-7-19(24)8-10-21)15-22(25-26)23-17-27(12-14-29-23)16-18-5-3-2-4-6-18/h2-10,15,23H,11-14,16-17H2,1H3. The summed E-state index contributed by atoms with van der Waals surface area (Å²) in [6.07, 6.45) is 0.789. The Balaban J connectivity index is 1.33. The highest BCUT2D eigenvalue weighted by Gasteiger charge is 2.24. The molecule has 2 heterocycles. The van der Waals surface area contributed by atoms with Gasteiger partial charge in [-0.2, -0.15) is 5.10 Å². The van der Waals surface area contributed by atoms with Gasteiger partial charge in [0.25, 0.3) is 0 Å². The topological polar surface area (TPSA) is 39.5 Å². The van der Waals surface area contributed by atoms with Crippen molar-refractivity contribution in [1.82, 2.24) is 14.7 Å². The molecule has 0 saturated carbocycles. The van der Waals surface area contributed by atoms with Crippen LogP contribution < -0.4 is 4.74 Å². The van der Waals surface area contributed by atoms with Crippen LogP contribution in [0, 0.1) is 0 Å². The molecule has 152 valence electrons. The highest BCUT2D eigenvalue weighted by molar-refractivity contribution is 6.30. The summed E-state index contributed by atoms with van der Waals surface area (Å²) < 4.78 is 13.8. The Morgan fingerprint density at radius 1 is 1.14 bits per heavy atom. The molecule has 1 atom stereocenters. The van der Waals surface area contributed by atoms with Gasteiger partial charge < -0.3 is 9.47 Å². The van der Waals surface area contributed by atoms with Crippen LogP contribution in [0.15, 0.2) is 60.7 Å². The monoisotopic (exact) mass is 411 g/mol. The van der Waals surface area contributed by atoms with E-state index < -0.39 is 0 Å². The van der Waals surface area contributed by atoms with Crippen LogP contribution in [0.4, 0.5) is 0 Å². The largest absolute Gasteiger partial charge is 0.493 e. The Bertz CT molecular complexity index is 912. The molecule has 0 radical (unpaired) electrons. The Kier molecular flexibility index (Phi) is 6.49. The molecule has 1 saturated heterocycles. The van der Waals surface area contributed by atoms with Crippen molar-refractivity contribution in [3.63, 3.8) is 0 Å². The van der Waals surface area contributed by atoms with E-state index in [1.165, 1.54) is 5.56 Å². The lowest BCUT2D eigenvalue weighted by Gasteiger charge is -2.32. The van der Waals surface area contributed by atoms with E-state index in [-0.39, 0.29) is 6.10 Å². The van der Waals surface area contributed by atoms with Crippen molar-refractivity contribution in [3.8, 4) is 5.75 Å². The van der Waals surface area contributed by atoms with Crippen molar-refractivity contribution in [2.45, 2.75) is 19.1 Å². The Morgan fingerprint density at radius 3 is 2.72 bits per heavy atom. The first-order chi connectivity index (χ1) is 14.2. The second-order valence-corrected chi connectivity index (χ2v) is 7.75. The fraction of sp³-hybridized carbons (Fsp3) is 0.348. The number of rotatable bonds is 7. The molecule has 1 unspecified atom stereocenters. The SMILES string of the molecule is Cn1nc(C2CN(Cc3ccccc3)CCO2)cc1CCOc1ccc(Cl)cc1. The van der Waals surface area contributed by atoms with Crippen molar-refractivity contribution in [2.24, 2.45) is 7.05 Å². The quantitative estimate of drug-likeness (QED) is 0.582. The summed E-state index contributed by atoms with van der Waals surface area (Å²) in [7, 11) is 1.98. The van der Waals surface area contributed by atoms with E-state index in [1.54, 1.807) is 0 Å². The number of morpholine rings is 1. The van der Waals surface area contributed by atoms with E-state index in [0.29, 0.717) is 11.6 Å². The summed E-state index contributed by atoms with van der Waals surface area (Å²) in [6, 6.07) is 20.1.